The number of hydrogen-bond acceptors (Lipinski definition) is 3. The van der Waals surface area contributed by atoms with Gasteiger partial charge in [0.1, 0.15) is 6.10 Å². The van der Waals surface area contributed by atoms with Crippen LogP contribution in [0.5, 0.6) is 0 Å². The van der Waals surface area contributed by atoms with Gasteiger partial charge in [-0.2, -0.15) is 0 Å². The second-order valence-electron chi connectivity index (χ2n) is 9.10. The first-order valence-electron chi connectivity index (χ1n) is 12.2. The maximum Gasteiger partial charge on any atom is 0.347 e. The van der Waals surface area contributed by atoms with Crippen molar-refractivity contribution < 1.29 is 14.2 Å². The molecule has 2 fully saturated rings. The fraction of sp³-hybridized carbons (Fsp3) is 0.538. The number of benzene rings is 2. The topological polar surface area (TPSA) is 53.0 Å². The first kappa shape index (κ1) is 23.7. The first-order valence-corrected chi connectivity index (χ1v) is 13.7. The van der Waals surface area contributed by atoms with Crippen LogP contribution in [0.3, 0.4) is 0 Å². The summed E-state index contributed by atoms with van der Waals surface area (Å²) in [6, 6.07) is 20.3. The zero-order valence-electron chi connectivity index (χ0n) is 19.3. The average Bonchev–Trinajstić information content (AvgIpc) is 3.06. The van der Waals surface area contributed by atoms with Gasteiger partial charge in [-0.1, -0.05) is 87.4 Å². The van der Waals surface area contributed by atoms with Gasteiger partial charge < -0.3 is 5.11 Å². The Bertz CT molecular complexity index is 855. The predicted molar refractivity (Wildman–Crippen MR) is 130 cm³/mol. The van der Waals surface area contributed by atoms with Crippen molar-refractivity contribution in [2.75, 3.05) is 13.1 Å². The maximum absolute atomic E-state index is 14.6. The number of fused-ring (bicyclic) bond motifs is 2. The third-order valence-corrected chi connectivity index (χ3v) is 9.65. The number of aliphatic hydroxyl groups is 1. The molecule has 1 N–H and O–H groups in total. The zero-order chi connectivity index (χ0) is 22.6. The Kier molecular flexibility index (Phi) is 7.86. The summed E-state index contributed by atoms with van der Waals surface area (Å²) in [5, 5.41) is 11.6. The maximum atomic E-state index is 14.6. The fourth-order valence-electron chi connectivity index (χ4n) is 5.11. The van der Waals surface area contributed by atoms with Crippen molar-refractivity contribution >= 4 is 7.67 Å². The molecule has 2 heterocycles. The molecule has 2 saturated heterocycles. The molecule has 2 aliphatic heterocycles. The zero-order valence-corrected chi connectivity index (χ0v) is 20.2. The molecule has 5 atom stereocenters. The molecule has 0 saturated carbocycles. The van der Waals surface area contributed by atoms with Crippen molar-refractivity contribution in [1.82, 2.24) is 9.34 Å². The van der Waals surface area contributed by atoms with Crippen LogP contribution in [0.15, 0.2) is 60.7 Å². The SMILES string of the molecule is CCCCN1[C@H](Cc2ccccc2)[C@H](O)[C@@H]2O[P@]1(=O)N(CCCC)[C@@H]2Cc1ccccc1. The third kappa shape index (κ3) is 4.73. The van der Waals surface area contributed by atoms with Gasteiger partial charge in [0.25, 0.3) is 0 Å². The molecule has 5 nitrogen and oxygen atoms in total. The van der Waals surface area contributed by atoms with Crippen molar-refractivity contribution in [2.45, 2.75) is 76.7 Å². The highest BCUT2D eigenvalue weighted by atomic mass is 31.2. The smallest absolute Gasteiger partial charge is 0.347 e. The number of aliphatic hydroxyl groups excluding tert-OH is 1. The fourth-order valence-corrected chi connectivity index (χ4v) is 8.20. The Morgan fingerprint density at radius 3 is 1.78 bits per heavy atom. The van der Waals surface area contributed by atoms with E-state index in [4.69, 9.17) is 4.52 Å². The van der Waals surface area contributed by atoms with E-state index in [1.807, 2.05) is 41.1 Å². The summed E-state index contributed by atoms with van der Waals surface area (Å²) in [4.78, 5) is 0. The monoisotopic (exact) mass is 456 g/mol. The Balaban J connectivity index is 1.70. The molecule has 174 valence electrons. The summed E-state index contributed by atoms with van der Waals surface area (Å²) in [5.74, 6) is 0. The molecule has 2 aromatic rings. The Morgan fingerprint density at radius 1 is 0.812 bits per heavy atom. The van der Waals surface area contributed by atoms with Crippen molar-refractivity contribution in [3.05, 3.63) is 71.8 Å². The molecular weight excluding hydrogens is 419 g/mol. The summed E-state index contributed by atoms with van der Waals surface area (Å²) >= 11 is 0. The lowest BCUT2D eigenvalue weighted by Crippen LogP contribution is -2.53. The van der Waals surface area contributed by atoms with Crippen LogP contribution in [-0.4, -0.2) is 51.8 Å². The highest BCUT2D eigenvalue weighted by molar-refractivity contribution is 7.54. The molecule has 0 unspecified atom stereocenters. The number of unbranched alkanes of at least 4 members (excludes halogenated alkanes) is 2. The van der Waals surface area contributed by atoms with Gasteiger partial charge in [0.15, 0.2) is 0 Å². The summed E-state index contributed by atoms with van der Waals surface area (Å²) in [5.41, 5.74) is 2.35. The summed E-state index contributed by atoms with van der Waals surface area (Å²) in [6.07, 6.45) is 4.22. The van der Waals surface area contributed by atoms with Gasteiger partial charge in [-0.15, -0.1) is 0 Å². The summed E-state index contributed by atoms with van der Waals surface area (Å²) < 4.78 is 25.1. The van der Waals surface area contributed by atoms with Crippen LogP contribution in [0.4, 0.5) is 0 Å². The van der Waals surface area contributed by atoms with Crippen molar-refractivity contribution in [3.8, 4) is 0 Å². The quantitative estimate of drug-likeness (QED) is 0.492. The average molecular weight is 457 g/mol. The number of rotatable bonds is 10. The van der Waals surface area contributed by atoms with Gasteiger partial charge in [-0.25, -0.2) is 9.34 Å². The minimum Gasteiger partial charge on any atom is -0.389 e. The molecule has 4 rings (SSSR count). The van der Waals surface area contributed by atoms with Gasteiger partial charge in [0.05, 0.1) is 18.2 Å². The van der Waals surface area contributed by atoms with Gasteiger partial charge in [0.2, 0.25) is 0 Å². The first-order chi connectivity index (χ1) is 15.6. The lowest BCUT2D eigenvalue weighted by Gasteiger charge is -2.43. The summed E-state index contributed by atoms with van der Waals surface area (Å²) in [6.45, 7) is 5.71. The van der Waals surface area contributed by atoms with Crippen LogP contribution in [-0.2, 0) is 21.9 Å². The van der Waals surface area contributed by atoms with Crippen molar-refractivity contribution in [2.24, 2.45) is 0 Å². The second kappa shape index (κ2) is 10.6. The highest BCUT2D eigenvalue weighted by Crippen LogP contribution is 2.66. The Hall–Kier alpha value is -1.49. The molecule has 0 aromatic heterocycles. The number of nitrogens with zero attached hydrogens (tertiary/aromatic N) is 2. The molecule has 6 heteroatoms. The molecule has 2 bridgehead atoms. The summed E-state index contributed by atoms with van der Waals surface area (Å²) in [7, 11) is -3.22. The third-order valence-electron chi connectivity index (χ3n) is 6.84. The lowest BCUT2D eigenvalue weighted by atomic mass is 9.91. The minimum absolute atomic E-state index is 0.0883. The number of hydrogen-bond donors (Lipinski definition) is 1. The molecule has 0 radical (unpaired) electrons. The van der Waals surface area contributed by atoms with Gasteiger partial charge in [0, 0.05) is 13.1 Å². The van der Waals surface area contributed by atoms with E-state index in [0.717, 1.165) is 44.2 Å². The normalized spacial score (nSPS) is 30.6. The van der Waals surface area contributed by atoms with E-state index in [9.17, 15) is 9.67 Å². The molecule has 2 aliphatic rings. The van der Waals surface area contributed by atoms with E-state index in [2.05, 4.69) is 42.8 Å². The Morgan fingerprint density at radius 2 is 1.28 bits per heavy atom. The largest absolute Gasteiger partial charge is 0.389 e. The van der Waals surface area contributed by atoms with Crippen LogP contribution in [0.25, 0.3) is 0 Å². The van der Waals surface area contributed by atoms with E-state index in [1.165, 1.54) is 5.56 Å². The van der Waals surface area contributed by atoms with Crippen LogP contribution >= 0.6 is 7.67 Å². The van der Waals surface area contributed by atoms with E-state index in [1.54, 1.807) is 0 Å². The Labute approximate surface area is 193 Å². The van der Waals surface area contributed by atoms with E-state index in [-0.39, 0.29) is 12.1 Å². The van der Waals surface area contributed by atoms with E-state index in [0.29, 0.717) is 13.0 Å². The standard InChI is InChI=1S/C26H37N2O3P/c1-3-5-17-27-23(19-21-13-9-7-10-14-21)25(29)26-24(20-22-15-11-8-12-16-22)28(18-6-4-2)32(27,30)31-26/h7-16,23-26,29H,3-6,17-20H2,1-2H3/t23-,24-,25+,26-,32+/m1/s1. The van der Waals surface area contributed by atoms with Crippen LogP contribution in [0.2, 0.25) is 0 Å². The molecule has 0 spiro atoms. The van der Waals surface area contributed by atoms with Gasteiger partial charge in [-0.05, 0) is 36.8 Å². The van der Waals surface area contributed by atoms with Crippen LogP contribution < -0.4 is 0 Å². The van der Waals surface area contributed by atoms with Gasteiger partial charge in [-0.3, -0.25) is 9.09 Å². The van der Waals surface area contributed by atoms with E-state index < -0.39 is 19.9 Å². The molecular formula is C26H37N2O3P. The minimum atomic E-state index is -3.22. The van der Waals surface area contributed by atoms with Crippen LogP contribution in [0.1, 0.15) is 50.7 Å². The van der Waals surface area contributed by atoms with Crippen molar-refractivity contribution in [3.63, 3.8) is 0 Å². The molecule has 0 amide bonds. The molecule has 2 aromatic carbocycles. The molecule has 32 heavy (non-hydrogen) atoms. The van der Waals surface area contributed by atoms with E-state index >= 15 is 0 Å². The highest BCUT2D eigenvalue weighted by Gasteiger charge is 2.62. The molecule has 0 aliphatic carbocycles. The predicted octanol–water partition coefficient (Wildman–Crippen LogP) is 5.29. The lowest BCUT2D eigenvalue weighted by molar-refractivity contribution is -0.0361. The second-order valence-corrected chi connectivity index (χ2v) is 11.3. The van der Waals surface area contributed by atoms with Crippen molar-refractivity contribution in [1.29, 1.82) is 0 Å². The van der Waals surface area contributed by atoms with Gasteiger partial charge >= 0.3 is 7.67 Å². The van der Waals surface area contributed by atoms with Crippen LogP contribution in [0, 0.1) is 0 Å².